The largest absolute Gasteiger partial charge is 0.476 e. The highest BCUT2D eigenvalue weighted by Gasteiger charge is 2.32. The van der Waals surface area contributed by atoms with Crippen LogP contribution in [0.4, 0.5) is 5.82 Å². The van der Waals surface area contributed by atoms with Crippen molar-refractivity contribution in [3.05, 3.63) is 46.7 Å². The Bertz CT molecular complexity index is 823. The highest BCUT2D eigenvalue weighted by Crippen LogP contribution is 2.34. The fourth-order valence-electron chi connectivity index (χ4n) is 2.55. The summed E-state index contributed by atoms with van der Waals surface area (Å²) in [6.07, 6.45) is 7.23. The van der Waals surface area contributed by atoms with Gasteiger partial charge in [-0.25, -0.2) is 14.8 Å². The first kappa shape index (κ1) is 13.3. The van der Waals surface area contributed by atoms with Gasteiger partial charge in [-0.1, -0.05) is 6.07 Å². The molecule has 4 rings (SSSR count). The molecule has 0 aromatic carbocycles. The van der Waals surface area contributed by atoms with Crippen LogP contribution in [-0.2, 0) is 6.54 Å². The van der Waals surface area contributed by atoms with Crippen LogP contribution >= 0.6 is 11.3 Å². The van der Waals surface area contributed by atoms with Crippen LogP contribution in [0.2, 0.25) is 0 Å². The van der Waals surface area contributed by atoms with E-state index in [9.17, 15) is 4.79 Å². The number of rotatable bonds is 5. The van der Waals surface area contributed by atoms with Gasteiger partial charge in [-0.15, -0.1) is 11.3 Å². The molecule has 6 nitrogen and oxygen atoms in total. The molecule has 1 aliphatic rings. The molecular formula is C15H14N4O2S. The van der Waals surface area contributed by atoms with E-state index < -0.39 is 5.97 Å². The Balaban J connectivity index is 1.78. The highest BCUT2D eigenvalue weighted by atomic mass is 32.1. The van der Waals surface area contributed by atoms with Gasteiger partial charge in [0.2, 0.25) is 0 Å². The lowest BCUT2D eigenvalue weighted by molar-refractivity contribution is 0.0691. The second-order valence-electron chi connectivity index (χ2n) is 5.35. The maximum absolute atomic E-state index is 11.1. The Kier molecular flexibility index (Phi) is 3.07. The molecule has 1 N–H and O–H groups in total. The molecule has 0 amide bonds. The molecule has 3 aromatic rings. The molecule has 1 fully saturated rings. The molecule has 3 heterocycles. The summed E-state index contributed by atoms with van der Waals surface area (Å²) in [7, 11) is 0. The molecule has 0 spiro atoms. The van der Waals surface area contributed by atoms with Gasteiger partial charge in [-0.2, -0.15) is 0 Å². The summed E-state index contributed by atoms with van der Waals surface area (Å²) in [5.74, 6) is -0.267. The summed E-state index contributed by atoms with van der Waals surface area (Å²) in [6, 6.07) is 4.61. The number of fused-ring (bicyclic) bond motifs is 1. The first-order valence-electron chi connectivity index (χ1n) is 7.08. The van der Waals surface area contributed by atoms with Crippen molar-refractivity contribution in [3.8, 4) is 0 Å². The topological polar surface area (TPSA) is 70.7 Å². The smallest absolute Gasteiger partial charge is 0.356 e. The van der Waals surface area contributed by atoms with Crippen molar-refractivity contribution in [2.24, 2.45) is 0 Å². The van der Waals surface area contributed by atoms with E-state index in [1.165, 1.54) is 11.1 Å². The van der Waals surface area contributed by atoms with Gasteiger partial charge < -0.3 is 14.4 Å². The Hall–Kier alpha value is -2.41. The minimum atomic E-state index is -1.02. The number of carboxylic acid groups (broad SMARTS) is 1. The molecule has 22 heavy (non-hydrogen) atoms. The van der Waals surface area contributed by atoms with E-state index in [1.54, 1.807) is 28.1 Å². The van der Waals surface area contributed by atoms with E-state index in [2.05, 4.69) is 26.3 Å². The van der Waals surface area contributed by atoms with E-state index in [4.69, 9.17) is 5.11 Å². The van der Waals surface area contributed by atoms with Crippen LogP contribution < -0.4 is 4.90 Å². The van der Waals surface area contributed by atoms with Crippen molar-refractivity contribution < 1.29 is 9.90 Å². The minimum Gasteiger partial charge on any atom is -0.476 e. The monoisotopic (exact) mass is 314 g/mol. The molecule has 3 aromatic heterocycles. The van der Waals surface area contributed by atoms with Crippen LogP contribution in [0.1, 0.15) is 28.2 Å². The fraction of sp³-hybridized carbons (Fsp3) is 0.267. The van der Waals surface area contributed by atoms with E-state index in [0.717, 1.165) is 25.2 Å². The summed E-state index contributed by atoms with van der Waals surface area (Å²) in [4.78, 5) is 23.4. The van der Waals surface area contributed by atoms with E-state index >= 15 is 0 Å². The van der Waals surface area contributed by atoms with Crippen LogP contribution in [0, 0.1) is 0 Å². The predicted octanol–water partition coefficient (Wildman–Crippen LogP) is 2.66. The summed E-state index contributed by atoms with van der Waals surface area (Å²) in [5, 5.41) is 11.2. The predicted molar refractivity (Wildman–Crippen MR) is 83.5 cm³/mol. The van der Waals surface area contributed by atoms with Gasteiger partial charge in [-0.05, 0) is 24.3 Å². The summed E-state index contributed by atoms with van der Waals surface area (Å²) in [6.45, 7) is 0.782. The molecule has 112 valence electrons. The third-order valence-corrected chi connectivity index (χ3v) is 4.60. The first-order chi connectivity index (χ1) is 10.7. The molecule has 1 aliphatic carbocycles. The number of hydrogen-bond acceptors (Lipinski definition) is 5. The zero-order valence-electron chi connectivity index (χ0n) is 11.7. The van der Waals surface area contributed by atoms with Crippen LogP contribution in [-0.4, -0.2) is 31.5 Å². The number of nitrogens with zero attached hydrogens (tertiary/aromatic N) is 4. The lowest BCUT2D eigenvalue weighted by atomic mass is 10.4. The zero-order valence-corrected chi connectivity index (χ0v) is 12.5. The van der Waals surface area contributed by atoms with Gasteiger partial charge in [-0.3, -0.25) is 0 Å². The number of aromatic carboxylic acids is 1. The molecule has 0 saturated heterocycles. The van der Waals surface area contributed by atoms with E-state index in [-0.39, 0.29) is 5.69 Å². The SMILES string of the molecule is O=C(O)c1cn2ccnc(N(Cc3cccs3)C3CC3)c2n1. The van der Waals surface area contributed by atoms with Gasteiger partial charge >= 0.3 is 5.97 Å². The number of hydrogen-bond donors (Lipinski definition) is 1. The number of thiophene rings is 1. The molecule has 0 unspecified atom stereocenters. The first-order valence-corrected chi connectivity index (χ1v) is 7.96. The highest BCUT2D eigenvalue weighted by molar-refractivity contribution is 7.09. The molecule has 0 atom stereocenters. The van der Waals surface area contributed by atoms with Crippen molar-refractivity contribution in [3.63, 3.8) is 0 Å². The van der Waals surface area contributed by atoms with Crippen LogP contribution in [0.15, 0.2) is 36.1 Å². The minimum absolute atomic E-state index is 0.0427. The average Bonchev–Trinajstić information content (AvgIpc) is 3.04. The number of carbonyl (C=O) groups is 1. The van der Waals surface area contributed by atoms with Crippen LogP contribution in [0.5, 0.6) is 0 Å². The van der Waals surface area contributed by atoms with E-state index in [1.807, 2.05) is 6.07 Å². The number of aromatic nitrogens is 3. The molecular weight excluding hydrogens is 300 g/mol. The third-order valence-electron chi connectivity index (χ3n) is 3.74. The van der Waals surface area contributed by atoms with Crippen LogP contribution in [0.25, 0.3) is 5.65 Å². The number of imidazole rings is 1. The maximum atomic E-state index is 11.1. The van der Waals surface area contributed by atoms with Crippen molar-refractivity contribution in [2.45, 2.75) is 25.4 Å². The van der Waals surface area contributed by atoms with Gasteiger partial charge in [0, 0.05) is 29.5 Å². The van der Waals surface area contributed by atoms with Crippen molar-refractivity contribution in [2.75, 3.05) is 4.90 Å². The normalized spacial score (nSPS) is 14.4. The lowest BCUT2D eigenvalue weighted by Crippen LogP contribution is -2.26. The second-order valence-corrected chi connectivity index (χ2v) is 6.38. The molecule has 1 saturated carbocycles. The van der Waals surface area contributed by atoms with Gasteiger partial charge in [0.25, 0.3) is 0 Å². The third kappa shape index (κ3) is 2.33. The standard InChI is InChI=1S/C15H14N4O2S/c20-15(21)12-9-18-6-5-16-13(14(18)17-12)19(10-3-4-10)8-11-2-1-7-22-11/h1-2,5-7,9-10H,3-4,8H2,(H,20,21). The second kappa shape index (κ2) is 5.10. The van der Waals surface area contributed by atoms with E-state index in [0.29, 0.717) is 11.7 Å². The fourth-order valence-corrected chi connectivity index (χ4v) is 3.25. The Morgan fingerprint density at radius 2 is 2.36 bits per heavy atom. The average molecular weight is 314 g/mol. The number of anilines is 1. The Morgan fingerprint density at radius 1 is 1.50 bits per heavy atom. The zero-order chi connectivity index (χ0) is 15.1. The summed E-state index contributed by atoms with van der Waals surface area (Å²) >= 11 is 1.72. The van der Waals surface area contributed by atoms with Crippen LogP contribution in [0.3, 0.4) is 0 Å². The van der Waals surface area contributed by atoms with Gasteiger partial charge in [0.1, 0.15) is 0 Å². The van der Waals surface area contributed by atoms with Crippen molar-refractivity contribution in [1.29, 1.82) is 0 Å². The molecule has 0 radical (unpaired) electrons. The number of carboxylic acids is 1. The summed E-state index contributed by atoms with van der Waals surface area (Å²) < 4.78 is 1.73. The van der Waals surface area contributed by atoms with Gasteiger partial charge in [0.15, 0.2) is 17.2 Å². The van der Waals surface area contributed by atoms with Crippen molar-refractivity contribution in [1.82, 2.24) is 14.4 Å². The Labute approximate surface area is 130 Å². The molecule has 0 aliphatic heterocycles. The molecule has 7 heteroatoms. The van der Waals surface area contributed by atoms with Gasteiger partial charge in [0.05, 0.1) is 6.54 Å². The quantitative estimate of drug-likeness (QED) is 0.784. The lowest BCUT2D eigenvalue weighted by Gasteiger charge is -2.23. The maximum Gasteiger partial charge on any atom is 0.356 e. The Morgan fingerprint density at radius 3 is 3.05 bits per heavy atom. The van der Waals surface area contributed by atoms with Crippen molar-refractivity contribution >= 4 is 28.8 Å². The summed E-state index contributed by atoms with van der Waals surface area (Å²) in [5.41, 5.74) is 0.643. The molecule has 0 bridgehead atoms.